The Hall–Kier alpha value is -3.24. The van der Waals surface area contributed by atoms with Crippen molar-refractivity contribution in [2.75, 3.05) is 5.32 Å². The number of aryl methyl sites for hydroxylation is 1. The van der Waals surface area contributed by atoms with E-state index in [1.807, 2.05) is 0 Å². The van der Waals surface area contributed by atoms with Gasteiger partial charge in [-0.05, 0) is 24.6 Å². The summed E-state index contributed by atoms with van der Waals surface area (Å²) in [4.78, 5) is 28.4. The molecule has 152 valence electrons. The van der Waals surface area contributed by atoms with Crippen LogP contribution in [0.4, 0.5) is 18.2 Å². The molecular formula is C20H11F3N2O3S2. The predicted molar refractivity (Wildman–Crippen MR) is 109 cm³/mol. The largest absolute Gasteiger partial charge is 0.478 e. The first kappa shape index (κ1) is 20.0. The van der Waals surface area contributed by atoms with Crippen LogP contribution in [0.3, 0.4) is 0 Å². The SMILES string of the molecule is Cc1ccc(-c2csc(NC(=O)c3nc4c(F)cccc4s3)c2C(=O)O)c(F)c1F. The summed E-state index contributed by atoms with van der Waals surface area (Å²) in [6.45, 7) is 1.39. The van der Waals surface area contributed by atoms with E-state index in [1.54, 1.807) is 6.07 Å². The van der Waals surface area contributed by atoms with Crippen molar-refractivity contribution in [1.82, 2.24) is 4.98 Å². The molecule has 30 heavy (non-hydrogen) atoms. The Bertz CT molecular complexity index is 1330. The molecule has 2 aromatic heterocycles. The van der Waals surface area contributed by atoms with Crippen molar-refractivity contribution in [2.24, 2.45) is 0 Å². The van der Waals surface area contributed by atoms with Crippen LogP contribution in [0, 0.1) is 24.4 Å². The normalized spacial score (nSPS) is 11.1. The summed E-state index contributed by atoms with van der Waals surface area (Å²) in [5, 5.41) is 13.2. The van der Waals surface area contributed by atoms with Gasteiger partial charge in [-0.2, -0.15) is 0 Å². The second kappa shape index (κ2) is 7.54. The Balaban J connectivity index is 1.73. The standard InChI is InChI=1S/C20H11F3N2O3S2/c1-8-5-6-9(15(23)14(8)22)10-7-29-18(13(10)20(27)28)25-17(26)19-24-16-11(21)3-2-4-12(16)30-19/h2-7H,1H3,(H,25,26)(H,27,28). The Morgan fingerprint density at radius 2 is 1.83 bits per heavy atom. The number of halogens is 3. The zero-order valence-corrected chi connectivity index (χ0v) is 16.8. The van der Waals surface area contributed by atoms with Crippen molar-refractivity contribution < 1.29 is 27.9 Å². The lowest BCUT2D eigenvalue weighted by Gasteiger charge is -2.07. The molecule has 0 spiro atoms. The minimum absolute atomic E-state index is 0.0372. The molecule has 0 aliphatic heterocycles. The van der Waals surface area contributed by atoms with E-state index in [4.69, 9.17) is 0 Å². The highest BCUT2D eigenvalue weighted by molar-refractivity contribution is 7.20. The Morgan fingerprint density at radius 1 is 1.07 bits per heavy atom. The number of carbonyl (C=O) groups excluding carboxylic acids is 1. The molecule has 0 fully saturated rings. The molecule has 2 aromatic carbocycles. The van der Waals surface area contributed by atoms with Crippen molar-refractivity contribution in [3.63, 3.8) is 0 Å². The van der Waals surface area contributed by atoms with E-state index in [-0.39, 0.29) is 37.8 Å². The van der Waals surface area contributed by atoms with Gasteiger partial charge in [0.05, 0.1) is 4.70 Å². The van der Waals surface area contributed by atoms with Gasteiger partial charge in [-0.15, -0.1) is 22.7 Å². The third kappa shape index (κ3) is 3.33. The van der Waals surface area contributed by atoms with E-state index in [0.717, 1.165) is 22.7 Å². The molecule has 4 aromatic rings. The van der Waals surface area contributed by atoms with Gasteiger partial charge in [0.1, 0.15) is 21.9 Å². The van der Waals surface area contributed by atoms with E-state index >= 15 is 0 Å². The van der Waals surface area contributed by atoms with Crippen LogP contribution in [0.25, 0.3) is 21.3 Å². The fourth-order valence-corrected chi connectivity index (χ4v) is 4.71. The second-order valence-corrected chi connectivity index (χ2v) is 8.19. The van der Waals surface area contributed by atoms with Crippen molar-refractivity contribution in [2.45, 2.75) is 6.92 Å². The number of carboxylic acids is 1. The minimum atomic E-state index is -1.42. The summed E-state index contributed by atoms with van der Waals surface area (Å²) in [5.74, 6) is -4.98. The number of nitrogens with one attached hydrogen (secondary N) is 1. The van der Waals surface area contributed by atoms with Gasteiger partial charge in [-0.1, -0.05) is 18.2 Å². The van der Waals surface area contributed by atoms with Gasteiger partial charge < -0.3 is 10.4 Å². The summed E-state index contributed by atoms with van der Waals surface area (Å²) in [6, 6.07) is 6.93. The number of carboxylic acid groups (broad SMARTS) is 1. The third-order valence-corrected chi connectivity index (χ3v) is 6.28. The first-order chi connectivity index (χ1) is 14.3. The lowest BCUT2D eigenvalue weighted by atomic mass is 10.0. The van der Waals surface area contributed by atoms with Crippen molar-refractivity contribution in [3.05, 3.63) is 69.3 Å². The van der Waals surface area contributed by atoms with Crippen molar-refractivity contribution in [1.29, 1.82) is 0 Å². The van der Waals surface area contributed by atoms with Crippen molar-refractivity contribution >= 4 is 49.8 Å². The van der Waals surface area contributed by atoms with Crippen molar-refractivity contribution in [3.8, 4) is 11.1 Å². The lowest BCUT2D eigenvalue weighted by Crippen LogP contribution is -2.13. The summed E-state index contributed by atoms with van der Waals surface area (Å²) in [5.41, 5.74) is -0.540. The quantitative estimate of drug-likeness (QED) is 0.420. The van der Waals surface area contributed by atoms with Crippen LogP contribution in [0.5, 0.6) is 0 Å². The summed E-state index contributed by atoms with van der Waals surface area (Å²) in [7, 11) is 0. The van der Waals surface area contributed by atoms with Gasteiger partial charge in [0, 0.05) is 16.5 Å². The van der Waals surface area contributed by atoms with Crippen LogP contribution in [0.1, 0.15) is 25.7 Å². The van der Waals surface area contributed by atoms with Crippen LogP contribution < -0.4 is 5.32 Å². The molecule has 10 heteroatoms. The summed E-state index contributed by atoms with van der Waals surface area (Å²) in [6.07, 6.45) is 0. The summed E-state index contributed by atoms with van der Waals surface area (Å²) >= 11 is 1.80. The van der Waals surface area contributed by atoms with Crippen LogP contribution in [0.15, 0.2) is 35.7 Å². The fraction of sp³-hybridized carbons (Fsp3) is 0.0500. The first-order valence-electron chi connectivity index (χ1n) is 8.44. The number of benzene rings is 2. The number of hydrogen-bond acceptors (Lipinski definition) is 5. The maximum Gasteiger partial charge on any atom is 0.339 e. The number of hydrogen-bond donors (Lipinski definition) is 2. The van der Waals surface area contributed by atoms with Gasteiger partial charge in [-0.25, -0.2) is 22.9 Å². The van der Waals surface area contributed by atoms with Gasteiger partial charge >= 0.3 is 5.97 Å². The zero-order valence-electron chi connectivity index (χ0n) is 15.1. The Kier molecular flexibility index (Phi) is 5.04. The third-order valence-electron chi connectivity index (χ3n) is 4.36. The molecule has 0 bridgehead atoms. The number of fused-ring (bicyclic) bond motifs is 1. The van der Waals surface area contributed by atoms with Crippen LogP contribution >= 0.6 is 22.7 Å². The molecule has 0 unspecified atom stereocenters. The highest BCUT2D eigenvalue weighted by atomic mass is 32.1. The zero-order chi connectivity index (χ0) is 21.6. The highest BCUT2D eigenvalue weighted by Gasteiger charge is 2.25. The van der Waals surface area contributed by atoms with Gasteiger partial charge in [0.15, 0.2) is 16.6 Å². The molecule has 0 aliphatic carbocycles. The number of carbonyl (C=O) groups is 2. The predicted octanol–water partition coefficient (Wildman–Crippen LogP) is 5.70. The molecule has 0 saturated heterocycles. The molecule has 5 nitrogen and oxygen atoms in total. The average molecular weight is 448 g/mol. The van der Waals surface area contributed by atoms with Crippen LogP contribution in [-0.2, 0) is 0 Å². The Labute approximate surface area is 175 Å². The number of amides is 1. The maximum absolute atomic E-state index is 14.4. The van der Waals surface area contributed by atoms with E-state index < -0.39 is 29.3 Å². The highest BCUT2D eigenvalue weighted by Crippen LogP contribution is 2.38. The van der Waals surface area contributed by atoms with E-state index in [0.29, 0.717) is 4.70 Å². The maximum atomic E-state index is 14.4. The van der Waals surface area contributed by atoms with E-state index in [2.05, 4.69) is 10.3 Å². The molecule has 0 saturated carbocycles. The minimum Gasteiger partial charge on any atom is -0.478 e. The number of aromatic carboxylic acids is 1. The number of thiophene rings is 1. The topological polar surface area (TPSA) is 79.3 Å². The fourth-order valence-electron chi connectivity index (χ4n) is 2.88. The molecular weight excluding hydrogens is 437 g/mol. The molecule has 4 rings (SSSR count). The van der Waals surface area contributed by atoms with Crippen LogP contribution in [0.2, 0.25) is 0 Å². The Morgan fingerprint density at radius 3 is 2.53 bits per heavy atom. The summed E-state index contributed by atoms with van der Waals surface area (Å²) < 4.78 is 42.6. The molecule has 0 radical (unpaired) electrons. The molecule has 2 heterocycles. The van der Waals surface area contributed by atoms with Crippen LogP contribution in [-0.4, -0.2) is 22.0 Å². The molecule has 0 atom stereocenters. The van der Waals surface area contributed by atoms with E-state index in [9.17, 15) is 27.9 Å². The number of para-hydroxylation sites is 1. The number of anilines is 1. The monoisotopic (exact) mass is 448 g/mol. The lowest BCUT2D eigenvalue weighted by molar-refractivity contribution is 0.0699. The smallest absolute Gasteiger partial charge is 0.339 e. The molecule has 2 N–H and O–H groups in total. The van der Waals surface area contributed by atoms with Gasteiger partial charge in [0.25, 0.3) is 5.91 Å². The average Bonchev–Trinajstić information content (AvgIpc) is 3.31. The second-order valence-electron chi connectivity index (χ2n) is 6.28. The van der Waals surface area contributed by atoms with Gasteiger partial charge in [0.2, 0.25) is 0 Å². The first-order valence-corrected chi connectivity index (χ1v) is 10.1. The van der Waals surface area contributed by atoms with E-state index in [1.165, 1.54) is 36.6 Å². The number of aromatic nitrogens is 1. The molecule has 0 aliphatic rings. The van der Waals surface area contributed by atoms with Gasteiger partial charge in [-0.3, -0.25) is 4.79 Å². The number of nitrogens with zero attached hydrogens (tertiary/aromatic N) is 1. The number of rotatable bonds is 4. The molecule has 1 amide bonds. The number of thiazole rings is 1.